The van der Waals surface area contributed by atoms with Crippen molar-refractivity contribution in [2.24, 2.45) is 0 Å². The fourth-order valence-electron chi connectivity index (χ4n) is 1.77. The molecule has 0 radical (unpaired) electrons. The van der Waals surface area contributed by atoms with Crippen LogP contribution in [-0.4, -0.2) is 11.6 Å². The average Bonchev–Trinajstić information content (AvgIpc) is 2.45. The van der Waals surface area contributed by atoms with Crippen molar-refractivity contribution in [2.45, 2.75) is 33.0 Å². The van der Waals surface area contributed by atoms with Gasteiger partial charge in [-0.3, -0.25) is 0 Å². The SMILES string of the molecule is CC(C)(C)OC(=O)c1ccc(OCc2ccccc2)cc1. The maximum atomic E-state index is 11.9. The summed E-state index contributed by atoms with van der Waals surface area (Å²) in [5.41, 5.74) is 1.14. The van der Waals surface area contributed by atoms with Gasteiger partial charge in [0.15, 0.2) is 0 Å². The molecule has 0 aliphatic heterocycles. The lowest BCUT2D eigenvalue weighted by atomic mass is 10.1. The fraction of sp³-hybridized carbons (Fsp3) is 0.278. The topological polar surface area (TPSA) is 35.5 Å². The first-order valence-corrected chi connectivity index (χ1v) is 6.94. The first kappa shape index (κ1) is 15.1. The van der Waals surface area contributed by atoms with Crippen LogP contribution in [0, 0.1) is 0 Å². The maximum absolute atomic E-state index is 11.9. The van der Waals surface area contributed by atoms with Crippen LogP contribution in [0.2, 0.25) is 0 Å². The van der Waals surface area contributed by atoms with Crippen LogP contribution in [0.25, 0.3) is 0 Å². The quantitative estimate of drug-likeness (QED) is 0.788. The Labute approximate surface area is 125 Å². The van der Waals surface area contributed by atoms with Crippen molar-refractivity contribution < 1.29 is 14.3 Å². The maximum Gasteiger partial charge on any atom is 0.338 e. The van der Waals surface area contributed by atoms with E-state index in [-0.39, 0.29) is 5.97 Å². The molecule has 2 aromatic carbocycles. The molecule has 0 amide bonds. The molecule has 21 heavy (non-hydrogen) atoms. The number of rotatable bonds is 4. The molecule has 0 aliphatic carbocycles. The van der Waals surface area contributed by atoms with Gasteiger partial charge in [0, 0.05) is 0 Å². The Morgan fingerprint density at radius 1 is 0.952 bits per heavy atom. The Hall–Kier alpha value is -2.29. The van der Waals surface area contributed by atoms with Crippen molar-refractivity contribution in [3.8, 4) is 5.75 Å². The zero-order valence-electron chi connectivity index (χ0n) is 12.6. The van der Waals surface area contributed by atoms with Gasteiger partial charge < -0.3 is 9.47 Å². The molecule has 0 N–H and O–H groups in total. The van der Waals surface area contributed by atoms with Crippen molar-refractivity contribution >= 4 is 5.97 Å². The van der Waals surface area contributed by atoms with E-state index in [0.29, 0.717) is 12.2 Å². The number of hydrogen-bond donors (Lipinski definition) is 0. The van der Waals surface area contributed by atoms with E-state index in [0.717, 1.165) is 11.3 Å². The van der Waals surface area contributed by atoms with Gasteiger partial charge in [0.1, 0.15) is 18.0 Å². The summed E-state index contributed by atoms with van der Waals surface area (Å²) < 4.78 is 11.0. The fourth-order valence-corrected chi connectivity index (χ4v) is 1.77. The summed E-state index contributed by atoms with van der Waals surface area (Å²) >= 11 is 0. The number of benzene rings is 2. The molecule has 0 aliphatic rings. The zero-order valence-corrected chi connectivity index (χ0v) is 12.6. The smallest absolute Gasteiger partial charge is 0.338 e. The van der Waals surface area contributed by atoms with E-state index in [2.05, 4.69) is 0 Å². The largest absolute Gasteiger partial charge is 0.489 e. The van der Waals surface area contributed by atoms with Crippen LogP contribution in [0.4, 0.5) is 0 Å². The molecule has 0 saturated carbocycles. The van der Waals surface area contributed by atoms with Crippen molar-refractivity contribution in [3.63, 3.8) is 0 Å². The van der Waals surface area contributed by atoms with Gasteiger partial charge in [-0.1, -0.05) is 30.3 Å². The summed E-state index contributed by atoms with van der Waals surface area (Å²) in [6.07, 6.45) is 0. The van der Waals surface area contributed by atoms with Gasteiger partial charge in [-0.05, 0) is 50.6 Å². The van der Waals surface area contributed by atoms with Crippen LogP contribution in [0.3, 0.4) is 0 Å². The third-order valence-electron chi connectivity index (χ3n) is 2.74. The molecule has 0 bridgehead atoms. The summed E-state index contributed by atoms with van der Waals surface area (Å²) in [4.78, 5) is 11.9. The van der Waals surface area contributed by atoms with Crippen LogP contribution < -0.4 is 4.74 Å². The Bertz CT molecular complexity index is 580. The van der Waals surface area contributed by atoms with Crippen molar-refractivity contribution in [3.05, 3.63) is 65.7 Å². The van der Waals surface area contributed by atoms with Crippen LogP contribution in [0.5, 0.6) is 5.75 Å². The van der Waals surface area contributed by atoms with Crippen molar-refractivity contribution in [1.82, 2.24) is 0 Å². The van der Waals surface area contributed by atoms with E-state index in [1.807, 2.05) is 51.1 Å². The van der Waals surface area contributed by atoms with E-state index in [1.54, 1.807) is 24.3 Å². The molecule has 2 rings (SSSR count). The van der Waals surface area contributed by atoms with Gasteiger partial charge in [0.25, 0.3) is 0 Å². The van der Waals surface area contributed by atoms with Crippen LogP contribution in [-0.2, 0) is 11.3 Å². The van der Waals surface area contributed by atoms with E-state index >= 15 is 0 Å². The van der Waals surface area contributed by atoms with Crippen LogP contribution in [0.1, 0.15) is 36.7 Å². The van der Waals surface area contributed by atoms with Gasteiger partial charge >= 0.3 is 5.97 Å². The molecule has 0 unspecified atom stereocenters. The molecular formula is C18H20O3. The van der Waals surface area contributed by atoms with Gasteiger partial charge in [0.05, 0.1) is 5.56 Å². The molecule has 2 aromatic rings. The molecule has 0 spiro atoms. The highest BCUT2D eigenvalue weighted by atomic mass is 16.6. The summed E-state index contributed by atoms with van der Waals surface area (Å²) in [6, 6.07) is 16.9. The summed E-state index contributed by atoms with van der Waals surface area (Å²) in [5.74, 6) is 0.406. The molecule has 0 saturated heterocycles. The number of carbonyl (C=O) groups is 1. The highest BCUT2D eigenvalue weighted by Crippen LogP contribution is 2.17. The second kappa shape index (κ2) is 6.44. The Morgan fingerprint density at radius 3 is 2.14 bits per heavy atom. The van der Waals surface area contributed by atoms with E-state index in [1.165, 1.54) is 0 Å². The first-order chi connectivity index (χ1) is 9.94. The highest BCUT2D eigenvalue weighted by Gasteiger charge is 2.17. The lowest BCUT2D eigenvalue weighted by Gasteiger charge is -2.19. The number of esters is 1. The van der Waals surface area contributed by atoms with E-state index < -0.39 is 5.60 Å². The normalized spacial score (nSPS) is 11.0. The van der Waals surface area contributed by atoms with Crippen molar-refractivity contribution in [2.75, 3.05) is 0 Å². The van der Waals surface area contributed by atoms with Gasteiger partial charge in [-0.2, -0.15) is 0 Å². The predicted octanol–water partition coefficient (Wildman–Crippen LogP) is 4.22. The van der Waals surface area contributed by atoms with Crippen LogP contribution >= 0.6 is 0 Å². The third-order valence-corrected chi connectivity index (χ3v) is 2.74. The summed E-state index contributed by atoms with van der Waals surface area (Å²) in [5, 5.41) is 0. The minimum Gasteiger partial charge on any atom is -0.489 e. The van der Waals surface area contributed by atoms with Crippen molar-refractivity contribution in [1.29, 1.82) is 0 Å². The van der Waals surface area contributed by atoms with E-state index in [9.17, 15) is 4.79 Å². The predicted molar refractivity (Wildman–Crippen MR) is 82.4 cm³/mol. The summed E-state index contributed by atoms with van der Waals surface area (Å²) in [6.45, 7) is 6.05. The third kappa shape index (κ3) is 4.95. The minimum atomic E-state index is -0.487. The molecule has 0 heterocycles. The molecule has 3 nitrogen and oxygen atoms in total. The molecule has 110 valence electrons. The summed E-state index contributed by atoms with van der Waals surface area (Å²) in [7, 11) is 0. The molecule has 3 heteroatoms. The zero-order chi connectivity index (χ0) is 15.3. The number of carbonyl (C=O) groups excluding carboxylic acids is 1. The second-order valence-electron chi connectivity index (χ2n) is 5.80. The number of ether oxygens (including phenoxy) is 2. The highest BCUT2D eigenvalue weighted by molar-refractivity contribution is 5.89. The number of hydrogen-bond acceptors (Lipinski definition) is 3. The average molecular weight is 284 g/mol. The standard InChI is InChI=1S/C18H20O3/c1-18(2,3)21-17(19)15-9-11-16(12-10-15)20-13-14-7-5-4-6-8-14/h4-12H,13H2,1-3H3. The van der Waals surface area contributed by atoms with E-state index in [4.69, 9.17) is 9.47 Å². The molecule has 0 fully saturated rings. The molecule has 0 atom stereocenters. The first-order valence-electron chi connectivity index (χ1n) is 6.94. The van der Waals surface area contributed by atoms with Gasteiger partial charge in [0.2, 0.25) is 0 Å². The molecule has 0 aromatic heterocycles. The second-order valence-corrected chi connectivity index (χ2v) is 5.80. The molecular weight excluding hydrogens is 264 g/mol. The lowest BCUT2D eigenvalue weighted by Crippen LogP contribution is -2.23. The Morgan fingerprint density at radius 2 is 1.57 bits per heavy atom. The Balaban J connectivity index is 1.94. The Kier molecular flexibility index (Phi) is 4.63. The lowest BCUT2D eigenvalue weighted by molar-refractivity contribution is 0.00695. The monoisotopic (exact) mass is 284 g/mol. The van der Waals surface area contributed by atoms with Gasteiger partial charge in [-0.15, -0.1) is 0 Å². The van der Waals surface area contributed by atoms with Crippen LogP contribution in [0.15, 0.2) is 54.6 Å². The minimum absolute atomic E-state index is 0.322. The van der Waals surface area contributed by atoms with Gasteiger partial charge in [-0.25, -0.2) is 4.79 Å².